The van der Waals surface area contributed by atoms with E-state index >= 15 is 0 Å². The molecule has 0 aromatic carbocycles. The minimum atomic E-state index is -1.03. The van der Waals surface area contributed by atoms with Crippen LogP contribution >= 0.6 is 0 Å². The molecule has 23 heavy (non-hydrogen) atoms. The molecule has 0 aromatic rings. The van der Waals surface area contributed by atoms with Crippen molar-refractivity contribution in [2.24, 2.45) is 4.99 Å². The summed E-state index contributed by atoms with van der Waals surface area (Å²) in [7, 11) is 0. The molecule has 1 rings (SSSR count). The quantitative estimate of drug-likeness (QED) is 0.502. The summed E-state index contributed by atoms with van der Waals surface area (Å²) in [6.45, 7) is 7.99. The first kappa shape index (κ1) is 19.2. The Morgan fingerprint density at radius 3 is 2.43 bits per heavy atom. The van der Waals surface area contributed by atoms with Gasteiger partial charge < -0.3 is 18.9 Å². The van der Waals surface area contributed by atoms with E-state index in [1.165, 1.54) is 0 Å². The first-order valence-electron chi connectivity index (χ1n) is 7.63. The van der Waals surface area contributed by atoms with E-state index in [-0.39, 0.29) is 26.4 Å². The van der Waals surface area contributed by atoms with E-state index < -0.39 is 23.3 Å². The highest BCUT2D eigenvalue weighted by atomic mass is 16.7. The Hall–Kier alpha value is -1.89. The molecule has 0 spiro atoms. The zero-order valence-corrected chi connectivity index (χ0v) is 14.2. The van der Waals surface area contributed by atoms with Gasteiger partial charge >= 0.3 is 12.1 Å². The molecule has 0 N–H and O–H groups in total. The lowest BCUT2D eigenvalue weighted by Crippen LogP contribution is -2.40. The van der Waals surface area contributed by atoms with Crippen molar-refractivity contribution >= 4 is 18.3 Å². The third-order valence-electron chi connectivity index (χ3n) is 2.85. The first-order valence-corrected chi connectivity index (χ1v) is 7.63. The molecule has 0 aliphatic carbocycles. The number of esters is 1. The van der Waals surface area contributed by atoms with Gasteiger partial charge in [0.1, 0.15) is 12.2 Å². The Balaban J connectivity index is 2.35. The fourth-order valence-corrected chi connectivity index (χ4v) is 1.83. The van der Waals surface area contributed by atoms with Crippen molar-refractivity contribution in [3.63, 3.8) is 0 Å². The van der Waals surface area contributed by atoms with E-state index in [0.29, 0.717) is 6.42 Å². The van der Waals surface area contributed by atoms with Gasteiger partial charge in [-0.05, 0) is 39.8 Å². The van der Waals surface area contributed by atoms with Gasteiger partial charge in [-0.15, -0.1) is 0 Å². The number of allylic oxidation sites excluding steroid dienone is 1. The zero-order chi connectivity index (χ0) is 17.3. The van der Waals surface area contributed by atoms with Gasteiger partial charge in [0.2, 0.25) is 0 Å². The molecular weight excluding hydrogens is 302 g/mol. The molecule has 0 fully saturated rings. The van der Waals surface area contributed by atoms with Crippen LogP contribution in [0.5, 0.6) is 0 Å². The van der Waals surface area contributed by atoms with Gasteiger partial charge in [0.05, 0.1) is 13.2 Å². The summed E-state index contributed by atoms with van der Waals surface area (Å²) in [6, 6.07) is 0. The number of hydrogen-bond donors (Lipinski definition) is 0. The zero-order valence-electron chi connectivity index (χ0n) is 14.2. The molecule has 7 nitrogen and oxygen atoms in total. The Kier molecular flexibility index (Phi) is 7.22. The van der Waals surface area contributed by atoms with Crippen LogP contribution in [-0.4, -0.2) is 55.9 Å². The second-order valence-electron chi connectivity index (χ2n) is 5.96. The van der Waals surface area contributed by atoms with Gasteiger partial charge in [0, 0.05) is 19.2 Å². The molecule has 1 aliphatic rings. The van der Waals surface area contributed by atoms with Gasteiger partial charge in [-0.25, -0.2) is 9.59 Å². The van der Waals surface area contributed by atoms with Gasteiger partial charge in [-0.3, -0.25) is 4.99 Å². The standard InChI is InChI=1S/C16H25NO6/c1-5-21-14(19)22-12-11-20-10-8-16(7-6-9-17-16)13(18)23-15(2,3)4/h6-7,9H,5,8,10-12H2,1-4H3. The smallest absolute Gasteiger partial charge is 0.458 e. The molecule has 1 unspecified atom stereocenters. The normalized spacial score (nSPS) is 19.7. The maximum Gasteiger partial charge on any atom is 0.508 e. The van der Waals surface area contributed by atoms with Crippen LogP contribution in [0.15, 0.2) is 17.1 Å². The molecule has 0 saturated heterocycles. The molecule has 1 atom stereocenters. The number of nitrogens with zero attached hydrogens (tertiary/aromatic N) is 1. The molecule has 1 heterocycles. The van der Waals surface area contributed by atoms with Crippen LogP contribution < -0.4 is 0 Å². The van der Waals surface area contributed by atoms with Gasteiger partial charge in [-0.1, -0.05) is 0 Å². The second kappa shape index (κ2) is 8.67. The molecule has 7 heteroatoms. The van der Waals surface area contributed by atoms with Gasteiger partial charge in [0.15, 0.2) is 5.54 Å². The van der Waals surface area contributed by atoms with Crippen molar-refractivity contribution in [2.45, 2.75) is 45.3 Å². The second-order valence-corrected chi connectivity index (χ2v) is 5.96. The molecule has 0 saturated carbocycles. The topological polar surface area (TPSA) is 83.4 Å². The average Bonchev–Trinajstić information content (AvgIpc) is 2.91. The van der Waals surface area contributed by atoms with E-state index in [2.05, 4.69) is 9.73 Å². The van der Waals surface area contributed by atoms with Crippen molar-refractivity contribution in [2.75, 3.05) is 26.4 Å². The number of rotatable bonds is 8. The summed E-state index contributed by atoms with van der Waals surface area (Å²) in [4.78, 5) is 27.5. The molecule has 0 radical (unpaired) electrons. The SMILES string of the molecule is CCOC(=O)OCCOCCC1(C(=O)OC(C)(C)C)C=CC=N1. The Morgan fingerprint density at radius 1 is 1.13 bits per heavy atom. The molecular formula is C16H25NO6. The van der Waals surface area contributed by atoms with E-state index in [0.717, 1.165) is 0 Å². The van der Waals surface area contributed by atoms with Gasteiger partial charge in [-0.2, -0.15) is 0 Å². The summed E-state index contributed by atoms with van der Waals surface area (Å²) in [5, 5.41) is 0. The predicted molar refractivity (Wildman–Crippen MR) is 84.6 cm³/mol. The number of hydrogen-bond acceptors (Lipinski definition) is 7. The Bertz CT molecular complexity index is 452. The summed E-state index contributed by atoms with van der Waals surface area (Å²) in [6.07, 6.45) is 4.64. The minimum Gasteiger partial charge on any atom is -0.458 e. The Labute approximate surface area is 136 Å². The predicted octanol–water partition coefficient (Wildman–Crippen LogP) is 2.29. The van der Waals surface area contributed by atoms with Crippen LogP contribution in [0.1, 0.15) is 34.1 Å². The number of aliphatic imine (C=N–C) groups is 1. The first-order chi connectivity index (χ1) is 10.8. The van der Waals surface area contributed by atoms with Crippen molar-refractivity contribution in [1.82, 2.24) is 0 Å². The maximum atomic E-state index is 12.3. The highest BCUT2D eigenvalue weighted by Gasteiger charge is 2.40. The monoisotopic (exact) mass is 327 g/mol. The van der Waals surface area contributed by atoms with E-state index in [4.69, 9.17) is 14.2 Å². The summed E-state index contributed by atoms with van der Waals surface area (Å²) >= 11 is 0. The summed E-state index contributed by atoms with van der Waals surface area (Å²) < 4.78 is 20.2. The van der Waals surface area contributed by atoms with E-state index in [1.54, 1.807) is 25.3 Å². The van der Waals surface area contributed by atoms with Gasteiger partial charge in [0.25, 0.3) is 0 Å². The molecule has 0 bridgehead atoms. The average molecular weight is 327 g/mol. The van der Waals surface area contributed by atoms with Crippen LogP contribution in [0.25, 0.3) is 0 Å². The molecule has 0 amide bonds. The van der Waals surface area contributed by atoms with Crippen molar-refractivity contribution in [3.8, 4) is 0 Å². The van der Waals surface area contributed by atoms with Crippen LogP contribution in [0.2, 0.25) is 0 Å². The third-order valence-corrected chi connectivity index (χ3v) is 2.85. The van der Waals surface area contributed by atoms with Crippen molar-refractivity contribution in [1.29, 1.82) is 0 Å². The molecule has 1 aliphatic heterocycles. The summed E-state index contributed by atoms with van der Waals surface area (Å²) in [5.41, 5.74) is -1.61. The number of carbonyl (C=O) groups excluding carboxylic acids is 2. The fraction of sp³-hybridized carbons (Fsp3) is 0.688. The van der Waals surface area contributed by atoms with Crippen LogP contribution in [0.4, 0.5) is 4.79 Å². The van der Waals surface area contributed by atoms with Crippen molar-refractivity contribution < 1.29 is 28.5 Å². The van der Waals surface area contributed by atoms with E-state index in [9.17, 15) is 9.59 Å². The van der Waals surface area contributed by atoms with Crippen LogP contribution in [-0.2, 0) is 23.7 Å². The summed E-state index contributed by atoms with van der Waals surface area (Å²) in [5.74, 6) is -0.402. The van der Waals surface area contributed by atoms with Crippen LogP contribution in [0.3, 0.4) is 0 Å². The number of carbonyl (C=O) groups is 2. The Morgan fingerprint density at radius 2 is 1.87 bits per heavy atom. The highest BCUT2D eigenvalue weighted by molar-refractivity contribution is 5.91. The van der Waals surface area contributed by atoms with Crippen molar-refractivity contribution in [3.05, 3.63) is 12.2 Å². The highest BCUT2D eigenvalue weighted by Crippen LogP contribution is 2.26. The maximum absolute atomic E-state index is 12.3. The third kappa shape index (κ3) is 6.81. The minimum absolute atomic E-state index is 0.0946. The molecule has 130 valence electrons. The largest absolute Gasteiger partial charge is 0.508 e. The molecule has 0 aromatic heterocycles. The lowest BCUT2D eigenvalue weighted by Gasteiger charge is -2.27. The fourth-order valence-electron chi connectivity index (χ4n) is 1.83. The van der Waals surface area contributed by atoms with Crippen LogP contribution in [0, 0.1) is 0 Å². The van der Waals surface area contributed by atoms with E-state index in [1.807, 2.05) is 20.8 Å². The number of ether oxygens (including phenoxy) is 4. The lowest BCUT2D eigenvalue weighted by molar-refractivity contribution is -0.160. The lowest BCUT2D eigenvalue weighted by atomic mass is 9.97.